The van der Waals surface area contributed by atoms with E-state index in [4.69, 9.17) is 9.47 Å². The lowest BCUT2D eigenvalue weighted by atomic mass is 9.83. The van der Waals surface area contributed by atoms with Gasteiger partial charge >= 0.3 is 5.97 Å². The van der Waals surface area contributed by atoms with E-state index in [0.29, 0.717) is 11.3 Å². The number of cyclic esters (lactones) is 1. The van der Waals surface area contributed by atoms with E-state index in [9.17, 15) is 4.79 Å². The number of hydrogen-bond donors (Lipinski definition) is 0. The van der Waals surface area contributed by atoms with Crippen molar-refractivity contribution < 1.29 is 14.3 Å². The zero-order valence-corrected chi connectivity index (χ0v) is 11.4. The molecule has 2 rings (SSSR count). The second-order valence-corrected chi connectivity index (χ2v) is 4.89. The summed E-state index contributed by atoms with van der Waals surface area (Å²) in [6.07, 6.45) is 2.04. The highest BCUT2D eigenvalue weighted by atomic mass is 16.5. The summed E-state index contributed by atoms with van der Waals surface area (Å²) in [4.78, 5) is 12.1. The lowest BCUT2D eigenvalue weighted by Crippen LogP contribution is -2.30. The van der Waals surface area contributed by atoms with Gasteiger partial charge in [0.1, 0.15) is 17.4 Å². The molecule has 0 N–H and O–H groups in total. The van der Waals surface area contributed by atoms with Gasteiger partial charge in [0.15, 0.2) is 0 Å². The Hall–Kier alpha value is -1.51. The molecule has 0 aromatic heterocycles. The van der Waals surface area contributed by atoms with Gasteiger partial charge in [-0.2, -0.15) is 0 Å². The van der Waals surface area contributed by atoms with Gasteiger partial charge in [0.2, 0.25) is 0 Å². The molecule has 0 bridgehead atoms. The quantitative estimate of drug-likeness (QED) is 0.769. The molecule has 1 aromatic carbocycles. The van der Waals surface area contributed by atoms with E-state index >= 15 is 0 Å². The highest BCUT2D eigenvalue weighted by Crippen LogP contribution is 2.39. The summed E-state index contributed by atoms with van der Waals surface area (Å²) in [6.45, 7) is 6.06. The lowest BCUT2D eigenvalue weighted by molar-refractivity contribution is 0.0211. The first-order chi connectivity index (χ1) is 8.60. The van der Waals surface area contributed by atoms with Crippen molar-refractivity contribution >= 4 is 5.97 Å². The van der Waals surface area contributed by atoms with Crippen LogP contribution in [0, 0.1) is 6.92 Å². The van der Waals surface area contributed by atoms with E-state index in [0.717, 1.165) is 24.0 Å². The summed E-state index contributed by atoms with van der Waals surface area (Å²) in [7, 11) is 1.60. The Balaban J connectivity index is 2.58. The first kappa shape index (κ1) is 12.9. The minimum absolute atomic E-state index is 0.0580. The average Bonchev–Trinajstić information content (AvgIpc) is 2.34. The minimum atomic E-state index is -0.259. The normalized spacial score (nSPS) is 22.3. The van der Waals surface area contributed by atoms with Crippen LogP contribution < -0.4 is 4.74 Å². The molecule has 0 fully saturated rings. The summed E-state index contributed by atoms with van der Waals surface area (Å²) in [6, 6.07) is 4.07. The molecular formula is C15H20O3. The van der Waals surface area contributed by atoms with Crippen LogP contribution in [0.25, 0.3) is 0 Å². The van der Waals surface area contributed by atoms with Gasteiger partial charge in [0, 0.05) is 5.92 Å². The third-order valence-corrected chi connectivity index (χ3v) is 3.65. The molecule has 3 nitrogen and oxygen atoms in total. The Kier molecular flexibility index (Phi) is 3.60. The Morgan fingerprint density at radius 2 is 2.11 bits per heavy atom. The van der Waals surface area contributed by atoms with Gasteiger partial charge < -0.3 is 9.47 Å². The topological polar surface area (TPSA) is 35.5 Å². The Morgan fingerprint density at radius 1 is 1.39 bits per heavy atom. The van der Waals surface area contributed by atoms with Gasteiger partial charge in [-0.05, 0) is 31.4 Å². The number of rotatable bonds is 3. The molecule has 3 heteroatoms. The zero-order chi connectivity index (χ0) is 13.3. The van der Waals surface area contributed by atoms with Crippen LogP contribution in [0.5, 0.6) is 5.75 Å². The van der Waals surface area contributed by atoms with E-state index in [1.165, 1.54) is 0 Å². The van der Waals surface area contributed by atoms with Crippen LogP contribution in [0.4, 0.5) is 0 Å². The summed E-state index contributed by atoms with van der Waals surface area (Å²) in [5.41, 5.74) is 2.66. The van der Waals surface area contributed by atoms with Gasteiger partial charge in [-0.25, -0.2) is 4.79 Å². The molecule has 1 heterocycles. The molecule has 18 heavy (non-hydrogen) atoms. The molecule has 0 aliphatic carbocycles. The first-order valence-corrected chi connectivity index (χ1v) is 6.48. The third kappa shape index (κ3) is 1.98. The molecule has 0 unspecified atom stereocenters. The van der Waals surface area contributed by atoms with Gasteiger partial charge in [0.25, 0.3) is 0 Å². The standard InChI is InChI=1S/C15H20O3/c1-5-6-11-10(3)18-15(16)13-12(11)8-7-9(2)14(13)17-4/h7-8,10-11H,5-6H2,1-4H3/t10-,11-/m1/s1. The highest BCUT2D eigenvalue weighted by molar-refractivity contribution is 5.96. The van der Waals surface area contributed by atoms with E-state index in [1.54, 1.807) is 7.11 Å². The highest BCUT2D eigenvalue weighted by Gasteiger charge is 2.35. The number of fused-ring (bicyclic) bond motifs is 1. The molecule has 0 saturated carbocycles. The lowest BCUT2D eigenvalue weighted by Gasteiger charge is -2.32. The number of methoxy groups -OCH3 is 1. The number of ether oxygens (including phenoxy) is 2. The fraction of sp³-hybridized carbons (Fsp3) is 0.533. The van der Waals surface area contributed by atoms with Gasteiger partial charge in [0.05, 0.1) is 7.11 Å². The maximum absolute atomic E-state index is 12.1. The summed E-state index contributed by atoms with van der Waals surface area (Å²) in [5.74, 6) is 0.674. The fourth-order valence-electron chi connectivity index (χ4n) is 2.75. The average molecular weight is 248 g/mol. The summed E-state index contributed by atoms with van der Waals surface area (Å²) < 4.78 is 10.8. The van der Waals surface area contributed by atoms with Crippen molar-refractivity contribution in [3.8, 4) is 5.75 Å². The number of esters is 1. The number of carbonyl (C=O) groups excluding carboxylic acids is 1. The Labute approximate surface area is 108 Å². The van der Waals surface area contributed by atoms with Crippen LogP contribution in [0.15, 0.2) is 12.1 Å². The summed E-state index contributed by atoms with van der Waals surface area (Å²) in [5, 5.41) is 0. The van der Waals surface area contributed by atoms with E-state index in [2.05, 4.69) is 6.92 Å². The first-order valence-electron chi connectivity index (χ1n) is 6.48. The molecule has 0 amide bonds. The largest absolute Gasteiger partial charge is 0.496 e. The smallest absolute Gasteiger partial charge is 0.342 e. The van der Waals surface area contributed by atoms with Gasteiger partial charge in [-0.3, -0.25) is 0 Å². The molecule has 0 spiro atoms. The van der Waals surface area contributed by atoms with Crippen molar-refractivity contribution in [1.29, 1.82) is 0 Å². The zero-order valence-electron chi connectivity index (χ0n) is 11.4. The fourth-order valence-corrected chi connectivity index (χ4v) is 2.75. The molecule has 98 valence electrons. The summed E-state index contributed by atoms with van der Waals surface area (Å²) >= 11 is 0. The Morgan fingerprint density at radius 3 is 2.72 bits per heavy atom. The predicted octanol–water partition coefficient (Wildman–Crippen LogP) is 3.45. The van der Waals surface area contributed by atoms with E-state index < -0.39 is 0 Å². The molecule has 1 aromatic rings. The third-order valence-electron chi connectivity index (χ3n) is 3.65. The van der Waals surface area contributed by atoms with Crippen LogP contribution in [0.1, 0.15) is 54.1 Å². The molecule has 2 atom stereocenters. The second kappa shape index (κ2) is 5.01. The second-order valence-electron chi connectivity index (χ2n) is 4.89. The molecule has 1 aliphatic rings. The van der Waals surface area contributed by atoms with Crippen LogP contribution in [0.2, 0.25) is 0 Å². The molecular weight excluding hydrogens is 228 g/mol. The van der Waals surface area contributed by atoms with E-state index in [1.807, 2.05) is 26.0 Å². The van der Waals surface area contributed by atoms with Crippen LogP contribution >= 0.6 is 0 Å². The van der Waals surface area contributed by atoms with Gasteiger partial charge in [-0.15, -0.1) is 0 Å². The van der Waals surface area contributed by atoms with Crippen molar-refractivity contribution in [3.05, 3.63) is 28.8 Å². The van der Waals surface area contributed by atoms with Crippen molar-refractivity contribution in [2.75, 3.05) is 7.11 Å². The molecule has 0 saturated heterocycles. The number of benzene rings is 1. The number of carbonyl (C=O) groups is 1. The monoisotopic (exact) mass is 248 g/mol. The predicted molar refractivity (Wildman–Crippen MR) is 70.3 cm³/mol. The van der Waals surface area contributed by atoms with Crippen LogP contribution in [0.3, 0.4) is 0 Å². The van der Waals surface area contributed by atoms with Crippen LogP contribution in [-0.2, 0) is 4.74 Å². The molecule has 1 aliphatic heterocycles. The van der Waals surface area contributed by atoms with E-state index in [-0.39, 0.29) is 18.0 Å². The maximum atomic E-state index is 12.1. The maximum Gasteiger partial charge on any atom is 0.342 e. The minimum Gasteiger partial charge on any atom is -0.496 e. The Bertz CT molecular complexity index is 465. The number of hydrogen-bond acceptors (Lipinski definition) is 3. The SMILES string of the molecule is CCC[C@H]1c2ccc(C)c(OC)c2C(=O)O[C@@H]1C. The van der Waals surface area contributed by atoms with Crippen molar-refractivity contribution in [1.82, 2.24) is 0 Å². The van der Waals surface area contributed by atoms with Crippen molar-refractivity contribution in [2.24, 2.45) is 0 Å². The number of aryl methyl sites for hydroxylation is 1. The van der Waals surface area contributed by atoms with Gasteiger partial charge in [-0.1, -0.05) is 25.5 Å². The van der Waals surface area contributed by atoms with Crippen LogP contribution in [-0.4, -0.2) is 19.2 Å². The molecule has 0 radical (unpaired) electrons. The van der Waals surface area contributed by atoms with Crippen molar-refractivity contribution in [2.45, 2.75) is 45.6 Å². The van der Waals surface area contributed by atoms with Crippen molar-refractivity contribution in [3.63, 3.8) is 0 Å².